The van der Waals surface area contributed by atoms with E-state index >= 15 is 0 Å². The number of ether oxygens (including phenoxy) is 2. The summed E-state index contributed by atoms with van der Waals surface area (Å²) in [4.78, 5) is 13.4. The van der Waals surface area contributed by atoms with E-state index in [0.29, 0.717) is 38.6 Å². The van der Waals surface area contributed by atoms with Crippen molar-refractivity contribution in [3.63, 3.8) is 0 Å². The molecule has 4 rings (SSSR count). The number of nitrogens with zero attached hydrogens (tertiary/aromatic N) is 2. The Morgan fingerprint density at radius 3 is 2.49 bits per heavy atom. The molecule has 1 heterocycles. The van der Waals surface area contributed by atoms with Gasteiger partial charge in [-0.25, -0.2) is 21.2 Å². The van der Waals surface area contributed by atoms with Crippen LogP contribution in [0.3, 0.4) is 0 Å². The molecule has 1 aliphatic heterocycles. The summed E-state index contributed by atoms with van der Waals surface area (Å²) in [5.41, 5.74) is 0. The van der Waals surface area contributed by atoms with Gasteiger partial charge in [0.15, 0.2) is 16.2 Å². The highest BCUT2D eigenvalue weighted by atomic mass is 32.3. The van der Waals surface area contributed by atoms with Crippen molar-refractivity contribution < 1.29 is 48.5 Å². The normalized spacial score (nSPS) is 32.1. The lowest BCUT2D eigenvalue weighted by atomic mass is 9.80. The van der Waals surface area contributed by atoms with Crippen LogP contribution in [0.15, 0.2) is 0 Å². The van der Waals surface area contributed by atoms with Crippen LogP contribution in [0.4, 0.5) is 13.2 Å². The minimum atomic E-state index is -6.10. The number of hydrogen-bond acceptors (Lipinski definition) is 8. The average Bonchev–Trinajstić information content (AvgIpc) is 3.49. The van der Waals surface area contributed by atoms with E-state index in [1.807, 2.05) is 0 Å². The second-order valence-corrected chi connectivity index (χ2v) is 12.8. The first-order chi connectivity index (χ1) is 16.4. The highest BCUT2D eigenvalue weighted by Crippen LogP contribution is 2.59. The van der Waals surface area contributed by atoms with Crippen molar-refractivity contribution in [3.05, 3.63) is 4.13 Å². The number of carbonyl (C=O) groups excluding carboxylic acids is 1. The minimum Gasteiger partial charge on any atom is -0.406 e. The number of halogens is 3. The second-order valence-electron chi connectivity index (χ2n) is 9.63. The number of sulfonamides is 1. The summed E-state index contributed by atoms with van der Waals surface area (Å²) < 4.78 is 109. The van der Waals surface area contributed by atoms with Gasteiger partial charge in [0.05, 0.1) is 25.9 Å². The Kier molecular flexibility index (Phi) is 8.04. The van der Waals surface area contributed by atoms with Gasteiger partial charge in [-0.2, -0.15) is 8.78 Å². The molecule has 0 aromatic heterocycles. The number of carbonyl (C=O) groups is 1. The molecule has 0 aromatic carbocycles. The molecular weight excluding hydrogens is 517 g/mol. The summed E-state index contributed by atoms with van der Waals surface area (Å²) in [6.07, 6.45) is -0.989. The van der Waals surface area contributed by atoms with Gasteiger partial charge >= 0.3 is 5.25 Å². The van der Waals surface area contributed by atoms with E-state index in [1.165, 1.54) is 4.90 Å². The number of amides is 1. The maximum atomic E-state index is 14.3. The van der Waals surface area contributed by atoms with Crippen LogP contribution >= 0.6 is 0 Å². The molecule has 0 radical (unpaired) electrons. The average molecular weight is 548 g/mol. The molecule has 35 heavy (non-hydrogen) atoms. The standard InChI is InChI=1S/C20H30F3N2O8S2/c21-18(4-7-32-12-19(26)25-5-8-31-9-6-25)20(22,23)34(27,28)24-35(29,30)33-17-11-13-10-16(17)15-3-1-2-14(13)15/h13-18H,1-12H2/q-1. The third kappa shape index (κ3) is 5.79. The number of fused-ring (bicyclic) bond motifs is 5. The Labute approximate surface area is 203 Å². The number of morpholine rings is 1. The van der Waals surface area contributed by atoms with Crippen LogP contribution in [0.25, 0.3) is 4.13 Å². The van der Waals surface area contributed by atoms with Crippen LogP contribution in [0.5, 0.6) is 0 Å². The topological polar surface area (TPSA) is 130 Å². The Balaban J connectivity index is 1.25. The zero-order valence-electron chi connectivity index (χ0n) is 19.1. The van der Waals surface area contributed by atoms with Gasteiger partial charge in [-0.1, -0.05) is 6.42 Å². The fourth-order valence-electron chi connectivity index (χ4n) is 6.04. The predicted octanol–water partition coefficient (Wildman–Crippen LogP) is 1.97. The van der Waals surface area contributed by atoms with Crippen LogP contribution < -0.4 is 0 Å². The second kappa shape index (κ2) is 10.4. The molecule has 202 valence electrons. The van der Waals surface area contributed by atoms with Crippen LogP contribution in [0, 0.1) is 23.7 Å². The third-order valence-electron chi connectivity index (χ3n) is 7.62. The Hall–Kier alpha value is -1.00. The molecule has 4 aliphatic rings. The molecule has 2 bridgehead atoms. The highest BCUT2D eigenvalue weighted by Gasteiger charge is 2.55. The Bertz CT molecular complexity index is 990. The smallest absolute Gasteiger partial charge is 0.360 e. The number of hydrogen-bond donors (Lipinski definition) is 0. The van der Waals surface area contributed by atoms with Crippen molar-refractivity contribution >= 4 is 26.2 Å². The van der Waals surface area contributed by atoms with Gasteiger partial charge in [0.1, 0.15) is 6.61 Å². The lowest BCUT2D eigenvalue weighted by Crippen LogP contribution is -2.43. The highest BCUT2D eigenvalue weighted by molar-refractivity contribution is 8.10. The monoisotopic (exact) mass is 547 g/mol. The first kappa shape index (κ1) is 27.0. The zero-order valence-corrected chi connectivity index (χ0v) is 20.7. The van der Waals surface area contributed by atoms with E-state index in [2.05, 4.69) is 4.13 Å². The summed E-state index contributed by atoms with van der Waals surface area (Å²) in [6, 6.07) is 0. The third-order valence-corrected chi connectivity index (χ3v) is 10.6. The van der Waals surface area contributed by atoms with Gasteiger partial charge in [-0.3, -0.25) is 8.98 Å². The summed E-state index contributed by atoms with van der Waals surface area (Å²) in [5.74, 6) is 0.553. The molecule has 3 aliphatic carbocycles. The zero-order chi connectivity index (χ0) is 25.4. The molecule has 1 saturated heterocycles. The largest absolute Gasteiger partial charge is 0.406 e. The Morgan fingerprint density at radius 2 is 1.77 bits per heavy atom. The summed E-state index contributed by atoms with van der Waals surface area (Å²) >= 11 is 0. The van der Waals surface area contributed by atoms with Crippen LogP contribution in [-0.2, 0) is 38.8 Å². The van der Waals surface area contributed by atoms with Gasteiger partial charge in [0, 0.05) is 19.5 Å². The molecule has 6 atom stereocenters. The first-order valence-corrected chi connectivity index (χ1v) is 14.6. The molecule has 10 nitrogen and oxygen atoms in total. The fraction of sp³-hybridized carbons (Fsp3) is 0.950. The maximum absolute atomic E-state index is 14.3. The van der Waals surface area contributed by atoms with Gasteiger partial charge in [0.25, 0.3) is 0 Å². The summed E-state index contributed by atoms with van der Waals surface area (Å²) in [7, 11) is -11.3. The lowest BCUT2D eigenvalue weighted by Gasteiger charge is -2.34. The van der Waals surface area contributed by atoms with Gasteiger partial charge in [-0.05, 0) is 49.4 Å². The quantitative estimate of drug-likeness (QED) is 0.359. The SMILES string of the molecule is O=C(COCCC(F)C(F)(F)S(=O)(=O)[N-]S(=O)(=O)OC1CC2CC1C1CCCC21)N1CCOCC1. The van der Waals surface area contributed by atoms with Crippen molar-refractivity contribution in [2.45, 2.75) is 56.1 Å². The van der Waals surface area contributed by atoms with Crippen LogP contribution in [0.1, 0.15) is 38.5 Å². The van der Waals surface area contributed by atoms with Crippen LogP contribution in [-0.4, -0.2) is 84.7 Å². The van der Waals surface area contributed by atoms with E-state index in [9.17, 15) is 34.8 Å². The van der Waals surface area contributed by atoms with Crippen molar-refractivity contribution in [1.82, 2.24) is 4.90 Å². The van der Waals surface area contributed by atoms with E-state index in [0.717, 1.165) is 25.7 Å². The molecular formula is C20H30F3N2O8S2-. The molecule has 0 N–H and O–H groups in total. The van der Waals surface area contributed by atoms with Gasteiger partial charge in [0.2, 0.25) is 16.2 Å². The van der Waals surface area contributed by atoms with Crippen molar-refractivity contribution in [2.24, 2.45) is 23.7 Å². The van der Waals surface area contributed by atoms with Crippen molar-refractivity contribution in [2.75, 3.05) is 39.5 Å². The fourth-order valence-corrected chi connectivity index (χ4v) is 8.51. The van der Waals surface area contributed by atoms with E-state index < -0.39 is 63.4 Å². The Morgan fingerprint density at radius 1 is 1.09 bits per heavy atom. The summed E-state index contributed by atoms with van der Waals surface area (Å²) in [6.45, 7) is 0.198. The molecule has 0 aromatic rings. The van der Waals surface area contributed by atoms with Crippen molar-refractivity contribution in [3.8, 4) is 0 Å². The van der Waals surface area contributed by atoms with Crippen molar-refractivity contribution in [1.29, 1.82) is 0 Å². The summed E-state index contributed by atoms with van der Waals surface area (Å²) in [5, 5.41) is -5.12. The van der Waals surface area contributed by atoms with Crippen LogP contribution in [0.2, 0.25) is 0 Å². The van der Waals surface area contributed by atoms with E-state index in [-0.39, 0.29) is 17.8 Å². The molecule has 6 unspecified atom stereocenters. The van der Waals surface area contributed by atoms with Gasteiger partial charge in [-0.15, -0.1) is 0 Å². The molecule has 3 saturated carbocycles. The first-order valence-electron chi connectivity index (χ1n) is 11.8. The molecule has 1 amide bonds. The molecule has 15 heteroatoms. The van der Waals surface area contributed by atoms with Gasteiger partial charge < -0.3 is 18.5 Å². The molecule has 0 spiro atoms. The molecule has 4 fully saturated rings. The maximum Gasteiger partial charge on any atom is 0.360 e. The lowest BCUT2D eigenvalue weighted by molar-refractivity contribution is -0.140. The number of rotatable bonds is 11. The van der Waals surface area contributed by atoms with E-state index in [1.54, 1.807) is 0 Å². The van der Waals surface area contributed by atoms with E-state index in [4.69, 9.17) is 13.7 Å². The predicted molar refractivity (Wildman–Crippen MR) is 116 cm³/mol. The number of alkyl halides is 3. The minimum absolute atomic E-state index is 0.0769.